The lowest BCUT2D eigenvalue weighted by Gasteiger charge is -2.26. The maximum Gasteiger partial charge on any atom is 0.225 e. The number of benzene rings is 1. The van der Waals surface area contributed by atoms with E-state index in [1.165, 1.54) is 12.1 Å². The number of hydrogen-bond acceptors (Lipinski definition) is 6. The fraction of sp³-hybridized carbons (Fsp3) is 0.200. The highest BCUT2D eigenvalue weighted by molar-refractivity contribution is 5.82. The van der Waals surface area contributed by atoms with Gasteiger partial charge in [0.25, 0.3) is 0 Å². The van der Waals surface area contributed by atoms with Crippen LogP contribution < -0.4 is 4.90 Å². The molecule has 7 nitrogen and oxygen atoms in total. The smallest absolute Gasteiger partial charge is 0.225 e. The van der Waals surface area contributed by atoms with Crippen molar-refractivity contribution in [2.24, 2.45) is 0 Å². The van der Waals surface area contributed by atoms with Gasteiger partial charge in [0.05, 0.1) is 41.7 Å². The quantitative estimate of drug-likeness (QED) is 0.532. The molecule has 0 radical (unpaired) electrons. The van der Waals surface area contributed by atoms with Crippen molar-refractivity contribution in [3.8, 4) is 17.1 Å². The maximum absolute atomic E-state index is 14.6. The summed E-state index contributed by atoms with van der Waals surface area (Å²) in [6.45, 7) is 2.73. The van der Waals surface area contributed by atoms with Crippen LogP contribution in [0.15, 0.2) is 49.1 Å². The summed E-state index contributed by atoms with van der Waals surface area (Å²) >= 11 is 0. The Hall–Kier alpha value is -3.46. The number of imidazole rings is 1. The van der Waals surface area contributed by atoms with Gasteiger partial charge < -0.3 is 9.64 Å². The van der Waals surface area contributed by atoms with E-state index >= 15 is 0 Å². The molecule has 0 saturated carbocycles. The first-order valence-electron chi connectivity index (χ1n) is 9.14. The van der Waals surface area contributed by atoms with Gasteiger partial charge in [0.2, 0.25) is 5.95 Å². The lowest BCUT2D eigenvalue weighted by molar-refractivity contribution is 0.122. The summed E-state index contributed by atoms with van der Waals surface area (Å²) < 4.78 is 35.0. The van der Waals surface area contributed by atoms with Crippen molar-refractivity contribution in [2.45, 2.75) is 0 Å². The van der Waals surface area contributed by atoms with E-state index in [4.69, 9.17) is 4.74 Å². The van der Waals surface area contributed by atoms with Gasteiger partial charge in [0, 0.05) is 37.7 Å². The number of pyridine rings is 1. The normalized spacial score (nSPS) is 14.5. The van der Waals surface area contributed by atoms with Crippen LogP contribution in [0.25, 0.3) is 28.1 Å². The Kier molecular flexibility index (Phi) is 4.36. The Morgan fingerprint density at radius 3 is 2.52 bits per heavy atom. The van der Waals surface area contributed by atoms with Gasteiger partial charge in [-0.1, -0.05) is 0 Å². The number of morpholine rings is 1. The molecule has 3 aromatic heterocycles. The van der Waals surface area contributed by atoms with Crippen LogP contribution in [0.1, 0.15) is 0 Å². The Morgan fingerprint density at radius 2 is 1.76 bits per heavy atom. The molecular weight excluding hydrogens is 378 g/mol. The third-order valence-corrected chi connectivity index (χ3v) is 4.80. The van der Waals surface area contributed by atoms with Crippen LogP contribution in [0.2, 0.25) is 0 Å². The van der Waals surface area contributed by atoms with Crippen molar-refractivity contribution in [2.75, 3.05) is 31.2 Å². The first kappa shape index (κ1) is 17.6. The number of fused-ring (bicyclic) bond motifs is 1. The van der Waals surface area contributed by atoms with E-state index in [9.17, 15) is 8.78 Å². The molecule has 0 unspecified atom stereocenters. The maximum atomic E-state index is 14.6. The molecule has 4 heterocycles. The lowest BCUT2D eigenvalue weighted by atomic mass is 10.2. The van der Waals surface area contributed by atoms with Crippen molar-refractivity contribution in [3.63, 3.8) is 0 Å². The van der Waals surface area contributed by atoms with Crippen molar-refractivity contribution < 1.29 is 13.5 Å². The molecule has 1 saturated heterocycles. The third kappa shape index (κ3) is 3.19. The molecule has 4 aromatic rings. The molecule has 1 aromatic carbocycles. The zero-order valence-corrected chi connectivity index (χ0v) is 15.3. The highest BCUT2D eigenvalue weighted by Gasteiger charge is 2.19. The van der Waals surface area contributed by atoms with Gasteiger partial charge in [-0.15, -0.1) is 0 Å². The van der Waals surface area contributed by atoms with Gasteiger partial charge >= 0.3 is 0 Å². The summed E-state index contributed by atoms with van der Waals surface area (Å²) in [4.78, 5) is 19.7. The average Bonchev–Trinajstić information content (AvgIpc) is 3.14. The van der Waals surface area contributed by atoms with Crippen LogP contribution in [0.5, 0.6) is 0 Å². The van der Waals surface area contributed by atoms with Crippen molar-refractivity contribution in [1.29, 1.82) is 0 Å². The minimum Gasteiger partial charge on any atom is -0.378 e. The van der Waals surface area contributed by atoms with Crippen molar-refractivity contribution in [1.82, 2.24) is 24.5 Å². The first-order valence-corrected chi connectivity index (χ1v) is 9.14. The number of hydrogen-bond donors (Lipinski definition) is 0. The molecule has 1 fully saturated rings. The zero-order valence-electron chi connectivity index (χ0n) is 15.3. The third-order valence-electron chi connectivity index (χ3n) is 4.80. The fourth-order valence-electron chi connectivity index (χ4n) is 3.39. The molecule has 0 bridgehead atoms. The second-order valence-corrected chi connectivity index (χ2v) is 6.60. The van der Waals surface area contributed by atoms with E-state index < -0.39 is 11.6 Å². The van der Waals surface area contributed by atoms with E-state index in [0.717, 1.165) is 19.2 Å². The minimum absolute atomic E-state index is 0.175. The van der Waals surface area contributed by atoms with E-state index in [1.54, 1.807) is 35.4 Å². The highest BCUT2D eigenvalue weighted by Crippen LogP contribution is 2.29. The van der Waals surface area contributed by atoms with Gasteiger partial charge in [-0.3, -0.25) is 9.55 Å². The van der Waals surface area contributed by atoms with E-state index in [0.29, 0.717) is 41.6 Å². The molecule has 29 heavy (non-hydrogen) atoms. The largest absolute Gasteiger partial charge is 0.378 e. The Morgan fingerprint density at radius 1 is 0.966 bits per heavy atom. The molecule has 0 amide bonds. The van der Waals surface area contributed by atoms with Gasteiger partial charge in [-0.05, 0) is 18.2 Å². The molecule has 0 N–H and O–H groups in total. The molecule has 0 aliphatic carbocycles. The second kappa shape index (κ2) is 7.17. The number of ether oxygens (including phenoxy) is 1. The predicted molar refractivity (Wildman–Crippen MR) is 103 cm³/mol. The monoisotopic (exact) mass is 394 g/mol. The number of halogens is 2. The van der Waals surface area contributed by atoms with Crippen LogP contribution in [0, 0.1) is 11.6 Å². The highest BCUT2D eigenvalue weighted by atomic mass is 19.1. The zero-order chi connectivity index (χ0) is 19.8. The van der Waals surface area contributed by atoms with E-state index in [1.807, 2.05) is 4.90 Å². The van der Waals surface area contributed by atoms with Gasteiger partial charge in [0.15, 0.2) is 0 Å². The van der Waals surface area contributed by atoms with Gasteiger partial charge in [0.1, 0.15) is 17.5 Å². The Labute approximate surface area is 164 Å². The number of anilines is 1. The fourth-order valence-corrected chi connectivity index (χ4v) is 3.39. The predicted octanol–water partition coefficient (Wildman–Crippen LogP) is 2.99. The molecular formula is C20H16F2N6O. The van der Waals surface area contributed by atoms with Crippen LogP contribution in [0.3, 0.4) is 0 Å². The Balaban J connectivity index is 1.63. The van der Waals surface area contributed by atoms with Crippen molar-refractivity contribution in [3.05, 3.63) is 60.7 Å². The summed E-state index contributed by atoms with van der Waals surface area (Å²) in [7, 11) is 0. The van der Waals surface area contributed by atoms with Crippen LogP contribution in [-0.4, -0.2) is 50.8 Å². The molecule has 9 heteroatoms. The molecule has 0 spiro atoms. The van der Waals surface area contributed by atoms with Crippen LogP contribution >= 0.6 is 0 Å². The second-order valence-electron chi connectivity index (χ2n) is 6.60. The standard InChI is InChI=1S/C20H16F2N6O/c21-14-1-2-17(15(22)9-14)28-18-12-23-4-3-16(18)26-19(28)13-10-24-20(25-11-13)27-5-7-29-8-6-27/h1-4,9-12H,5-8H2. The number of aromatic nitrogens is 5. The van der Waals surface area contributed by atoms with E-state index in [2.05, 4.69) is 19.9 Å². The van der Waals surface area contributed by atoms with Crippen molar-refractivity contribution >= 4 is 17.0 Å². The summed E-state index contributed by atoms with van der Waals surface area (Å²) in [5.41, 5.74) is 2.03. The average molecular weight is 394 g/mol. The van der Waals surface area contributed by atoms with E-state index in [-0.39, 0.29) is 5.69 Å². The summed E-state index contributed by atoms with van der Waals surface area (Å²) in [5.74, 6) is -0.282. The topological polar surface area (TPSA) is 69.0 Å². The number of nitrogens with zero attached hydrogens (tertiary/aromatic N) is 6. The molecule has 5 rings (SSSR count). The molecule has 0 atom stereocenters. The molecule has 1 aliphatic rings. The SMILES string of the molecule is Fc1ccc(-n2c(-c3cnc(N4CCOCC4)nc3)nc3ccncc32)c(F)c1. The lowest BCUT2D eigenvalue weighted by Crippen LogP contribution is -2.37. The van der Waals surface area contributed by atoms with Gasteiger partial charge in [-0.2, -0.15) is 0 Å². The molecule has 1 aliphatic heterocycles. The summed E-state index contributed by atoms with van der Waals surface area (Å²) in [6, 6.07) is 5.17. The van der Waals surface area contributed by atoms with Gasteiger partial charge in [-0.25, -0.2) is 23.7 Å². The first-order chi connectivity index (χ1) is 14.2. The summed E-state index contributed by atoms with van der Waals surface area (Å²) in [6.07, 6.45) is 6.52. The van der Waals surface area contributed by atoms with Crippen LogP contribution in [0.4, 0.5) is 14.7 Å². The van der Waals surface area contributed by atoms with Crippen LogP contribution in [-0.2, 0) is 4.74 Å². The summed E-state index contributed by atoms with van der Waals surface area (Å²) in [5, 5.41) is 0. The minimum atomic E-state index is -0.694. The molecule has 146 valence electrons. The number of rotatable bonds is 3. The Bertz CT molecular complexity index is 1170.